The second-order valence-electron chi connectivity index (χ2n) is 6.94. The van der Waals surface area contributed by atoms with E-state index in [4.69, 9.17) is 9.73 Å². The van der Waals surface area contributed by atoms with Crippen LogP contribution in [0.3, 0.4) is 0 Å². The van der Waals surface area contributed by atoms with E-state index in [0.717, 1.165) is 42.2 Å². The van der Waals surface area contributed by atoms with Gasteiger partial charge in [-0.1, -0.05) is 12.1 Å². The zero-order valence-corrected chi connectivity index (χ0v) is 16.2. The molecule has 0 saturated carbocycles. The summed E-state index contributed by atoms with van der Waals surface area (Å²) in [5, 5.41) is 11.1. The normalized spacial score (nSPS) is 23.0. The van der Waals surface area contributed by atoms with Crippen molar-refractivity contribution >= 4 is 34.5 Å². The van der Waals surface area contributed by atoms with Crippen LogP contribution in [0.4, 0.5) is 11.4 Å². The highest BCUT2D eigenvalue weighted by atomic mass is 32.1. The molecule has 6 nitrogen and oxygen atoms in total. The van der Waals surface area contributed by atoms with Crippen LogP contribution in [0, 0.1) is 0 Å². The number of para-hydroxylation sites is 2. The van der Waals surface area contributed by atoms with Gasteiger partial charge in [-0.15, -0.1) is 0 Å². The van der Waals surface area contributed by atoms with Gasteiger partial charge in [0.15, 0.2) is 0 Å². The highest BCUT2D eigenvalue weighted by molar-refractivity contribution is 7.08. The van der Waals surface area contributed by atoms with E-state index in [1.165, 1.54) is 0 Å². The van der Waals surface area contributed by atoms with E-state index in [1.54, 1.807) is 18.4 Å². The molecule has 2 aromatic rings. The molecule has 1 aromatic heterocycles. The monoisotopic (exact) mass is 384 g/mol. The lowest BCUT2D eigenvalue weighted by molar-refractivity contribution is 0.0695. The summed E-state index contributed by atoms with van der Waals surface area (Å²) >= 11 is 1.55. The SMILES string of the molecule is COCCN=C1Nc2ccccc2NC12CCCN(C(=O)c1ccsc1)C2. The first-order valence-corrected chi connectivity index (χ1v) is 10.2. The van der Waals surface area contributed by atoms with Crippen LogP contribution in [-0.2, 0) is 4.74 Å². The van der Waals surface area contributed by atoms with E-state index in [0.29, 0.717) is 19.7 Å². The summed E-state index contributed by atoms with van der Waals surface area (Å²) in [6.45, 7) is 2.52. The van der Waals surface area contributed by atoms with Gasteiger partial charge in [-0.3, -0.25) is 9.79 Å². The molecule has 1 spiro atoms. The van der Waals surface area contributed by atoms with E-state index in [1.807, 2.05) is 39.9 Å². The fourth-order valence-electron chi connectivity index (χ4n) is 3.80. The number of aliphatic imine (C=N–C) groups is 1. The molecule has 1 fully saturated rings. The van der Waals surface area contributed by atoms with Gasteiger partial charge in [0.1, 0.15) is 11.4 Å². The fourth-order valence-corrected chi connectivity index (χ4v) is 4.43. The molecule has 0 radical (unpaired) electrons. The number of likely N-dealkylation sites (tertiary alicyclic amines) is 1. The average Bonchev–Trinajstić information content (AvgIpc) is 3.23. The quantitative estimate of drug-likeness (QED) is 0.794. The molecule has 1 aromatic carbocycles. The van der Waals surface area contributed by atoms with Crippen LogP contribution in [0.5, 0.6) is 0 Å². The van der Waals surface area contributed by atoms with Crippen molar-refractivity contribution in [1.29, 1.82) is 0 Å². The van der Waals surface area contributed by atoms with Gasteiger partial charge in [0.2, 0.25) is 0 Å². The van der Waals surface area contributed by atoms with Crippen molar-refractivity contribution in [3.63, 3.8) is 0 Å². The lowest BCUT2D eigenvalue weighted by atomic mass is 9.85. The molecule has 3 heterocycles. The van der Waals surface area contributed by atoms with Crippen molar-refractivity contribution in [2.45, 2.75) is 18.4 Å². The Morgan fingerprint density at radius 2 is 2.19 bits per heavy atom. The van der Waals surface area contributed by atoms with Crippen molar-refractivity contribution in [1.82, 2.24) is 4.90 Å². The number of anilines is 2. The number of thiophene rings is 1. The highest BCUT2D eigenvalue weighted by Crippen LogP contribution is 2.36. The van der Waals surface area contributed by atoms with E-state index in [9.17, 15) is 4.79 Å². The number of carbonyl (C=O) groups excluding carboxylic acids is 1. The number of rotatable bonds is 4. The number of hydrogen-bond acceptors (Lipinski definition) is 5. The molecule has 2 N–H and O–H groups in total. The Balaban J connectivity index is 1.64. The standard InChI is InChI=1S/C20H24N4O2S/c1-26-11-9-21-19-20(23-17-6-3-2-5-16(17)22-19)8-4-10-24(14-20)18(25)15-7-12-27-13-15/h2-3,5-7,12-13,23H,4,8-11,14H2,1H3,(H,21,22). The molecule has 142 valence electrons. The molecule has 2 aliphatic rings. The first kappa shape index (κ1) is 18.0. The number of amidine groups is 1. The number of piperidine rings is 1. The Kier molecular flexibility index (Phi) is 5.13. The summed E-state index contributed by atoms with van der Waals surface area (Å²) in [4.78, 5) is 19.7. The largest absolute Gasteiger partial charge is 0.383 e. The molecule has 1 amide bonds. The molecule has 4 rings (SSSR count). The number of carbonyl (C=O) groups is 1. The Hall–Kier alpha value is -2.38. The smallest absolute Gasteiger partial charge is 0.254 e. The molecular weight excluding hydrogens is 360 g/mol. The average molecular weight is 385 g/mol. The minimum Gasteiger partial charge on any atom is -0.383 e. The summed E-state index contributed by atoms with van der Waals surface area (Å²) in [6, 6.07) is 10.0. The van der Waals surface area contributed by atoms with Gasteiger partial charge in [0.25, 0.3) is 5.91 Å². The predicted molar refractivity (Wildman–Crippen MR) is 110 cm³/mol. The van der Waals surface area contributed by atoms with Gasteiger partial charge in [-0.05, 0) is 36.4 Å². The number of ether oxygens (including phenoxy) is 1. The third kappa shape index (κ3) is 3.57. The van der Waals surface area contributed by atoms with Crippen molar-refractivity contribution in [3.05, 3.63) is 46.7 Å². The minimum absolute atomic E-state index is 0.0900. The second kappa shape index (κ2) is 7.70. The molecule has 27 heavy (non-hydrogen) atoms. The highest BCUT2D eigenvalue weighted by Gasteiger charge is 2.44. The number of fused-ring (bicyclic) bond motifs is 1. The van der Waals surface area contributed by atoms with Gasteiger partial charge < -0.3 is 20.3 Å². The minimum atomic E-state index is -0.397. The van der Waals surface area contributed by atoms with Crippen LogP contribution in [0.25, 0.3) is 0 Å². The van der Waals surface area contributed by atoms with Gasteiger partial charge in [0, 0.05) is 19.0 Å². The Morgan fingerprint density at radius 1 is 1.33 bits per heavy atom. The van der Waals surface area contributed by atoms with E-state index in [2.05, 4.69) is 16.7 Å². The van der Waals surface area contributed by atoms with Crippen LogP contribution >= 0.6 is 11.3 Å². The van der Waals surface area contributed by atoms with Gasteiger partial charge in [-0.2, -0.15) is 11.3 Å². The van der Waals surface area contributed by atoms with Crippen LogP contribution in [0.2, 0.25) is 0 Å². The summed E-state index contributed by atoms with van der Waals surface area (Å²) in [5.74, 6) is 0.980. The lowest BCUT2D eigenvalue weighted by Crippen LogP contribution is -2.62. The topological polar surface area (TPSA) is 66.0 Å². The molecule has 1 saturated heterocycles. The fraction of sp³-hybridized carbons (Fsp3) is 0.400. The van der Waals surface area contributed by atoms with Crippen molar-refractivity contribution in [3.8, 4) is 0 Å². The third-order valence-electron chi connectivity index (χ3n) is 5.12. The first-order valence-electron chi connectivity index (χ1n) is 9.21. The van der Waals surface area contributed by atoms with Gasteiger partial charge >= 0.3 is 0 Å². The summed E-state index contributed by atoms with van der Waals surface area (Å²) in [5.41, 5.74) is 2.43. The number of hydrogen-bond donors (Lipinski definition) is 2. The first-order chi connectivity index (χ1) is 13.2. The van der Waals surface area contributed by atoms with Crippen molar-refractivity contribution < 1.29 is 9.53 Å². The third-order valence-corrected chi connectivity index (χ3v) is 5.80. The zero-order chi connectivity index (χ0) is 18.7. The summed E-state index contributed by atoms with van der Waals surface area (Å²) in [6.07, 6.45) is 1.85. The van der Waals surface area contributed by atoms with Gasteiger partial charge in [0.05, 0.1) is 36.6 Å². The molecule has 1 atom stereocenters. The Morgan fingerprint density at radius 3 is 2.96 bits per heavy atom. The molecule has 0 aliphatic carbocycles. The van der Waals surface area contributed by atoms with E-state index < -0.39 is 5.54 Å². The van der Waals surface area contributed by atoms with Crippen molar-refractivity contribution in [2.24, 2.45) is 4.99 Å². The number of nitrogens with one attached hydrogen (secondary N) is 2. The van der Waals surface area contributed by atoms with Crippen LogP contribution in [0.15, 0.2) is 46.1 Å². The molecule has 7 heteroatoms. The Bertz CT molecular complexity index is 836. The Labute approximate surface area is 163 Å². The predicted octanol–water partition coefficient (Wildman–Crippen LogP) is 3.31. The molecule has 2 aliphatic heterocycles. The van der Waals surface area contributed by atoms with Gasteiger partial charge in [-0.25, -0.2) is 0 Å². The van der Waals surface area contributed by atoms with Crippen LogP contribution in [0.1, 0.15) is 23.2 Å². The number of amides is 1. The van der Waals surface area contributed by atoms with Crippen LogP contribution in [-0.4, -0.2) is 55.5 Å². The maximum absolute atomic E-state index is 12.9. The maximum atomic E-state index is 12.9. The number of methoxy groups -OCH3 is 1. The van der Waals surface area contributed by atoms with E-state index >= 15 is 0 Å². The van der Waals surface area contributed by atoms with Crippen molar-refractivity contribution in [2.75, 3.05) is 44.0 Å². The zero-order valence-electron chi connectivity index (χ0n) is 15.4. The number of benzene rings is 1. The molecule has 1 unspecified atom stereocenters. The second-order valence-corrected chi connectivity index (χ2v) is 7.72. The van der Waals surface area contributed by atoms with E-state index in [-0.39, 0.29) is 5.91 Å². The van der Waals surface area contributed by atoms with Crippen LogP contribution < -0.4 is 10.6 Å². The summed E-state index contributed by atoms with van der Waals surface area (Å²) < 4.78 is 5.17. The molecule has 0 bridgehead atoms. The summed E-state index contributed by atoms with van der Waals surface area (Å²) in [7, 11) is 1.68. The number of nitrogens with zero attached hydrogens (tertiary/aromatic N) is 2. The maximum Gasteiger partial charge on any atom is 0.254 e. The molecular formula is C20H24N4O2S. The lowest BCUT2D eigenvalue weighted by Gasteiger charge is -2.47.